The van der Waals surface area contributed by atoms with Crippen molar-refractivity contribution in [2.75, 3.05) is 5.32 Å². The van der Waals surface area contributed by atoms with Crippen LogP contribution in [0.1, 0.15) is 32.4 Å². The summed E-state index contributed by atoms with van der Waals surface area (Å²) in [5.74, 6) is -0.153. The van der Waals surface area contributed by atoms with E-state index in [1.807, 2.05) is 33.0 Å². The summed E-state index contributed by atoms with van der Waals surface area (Å²) in [4.78, 5) is 0. The molecule has 0 saturated carbocycles. The molecule has 2 aromatic heterocycles. The van der Waals surface area contributed by atoms with Gasteiger partial charge in [0.1, 0.15) is 17.3 Å². The second-order valence-corrected chi connectivity index (χ2v) is 7.82. The third kappa shape index (κ3) is 2.41. The van der Waals surface area contributed by atoms with Crippen LogP contribution in [-0.2, 0) is 12.1 Å². The first-order valence-electron chi connectivity index (χ1n) is 9.51. The molecular formula is C21H20F2N6. The molecule has 2 aromatic carbocycles. The zero-order valence-electron chi connectivity index (χ0n) is 16.6. The summed E-state index contributed by atoms with van der Waals surface area (Å²) in [5.41, 5.74) is 1.08. The monoisotopic (exact) mass is 394 g/mol. The predicted octanol–water partition coefficient (Wildman–Crippen LogP) is 4.55. The van der Waals surface area contributed by atoms with Gasteiger partial charge in [-0.25, -0.2) is 8.78 Å². The van der Waals surface area contributed by atoms with Crippen LogP contribution in [-0.4, -0.2) is 24.5 Å². The fraction of sp³-hybridized carbons (Fsp3) is 0.286. The van der Waals surface area contributed by atoms with E-state index in [0.717, 1.165) is 0 Å². The molecule has 3 heterocycles. The standard InChI is InChI=1S/C21H20F2N6/c1-5-28-10-13-12(7-6-8-15(13)27-28)17-14(22)9-16-19(18(17)23)29-11(2)25-26-20(29)21(3,4)24-16/h6-10,24H,5H2,1-4H3. The Morgan fingerprint density at radius 3 is 2.72 bits per heavy atom. The third-order valence-electron chi connectivity index (χ3n) is 5.44. The van der Waals surface area contributed by atoms with Crippen molar-refractivity contribution in [3.8, 4) is 16.8 Å². The van der Waals surface area contributed by atoms with Gasteiger partial charge in [-0.15, -0.1) is 10.2 Å². The Kier molecular flexibility index (Phi) is 3.59. The minimum absolute atomic E-state index is 0.0782. The molecule has 0 spiro atoms. The van der Waals surface area contributed by atoms with Gasteiger partial charge < -0.3 is 5.32 Å². The fourth-order valence-corrected chi connectivity index (χ4v) is 4.07. The van der Waals surface area contributed by atoms with Gasteiger partial charge in [-0.3, -0.25) is 9.25 Å². The molecule has 0 saturated heterocycles. The molecule has 0 radical (unpaired) electrons. The molecular weight excluding hydrogens is 374 g/mol. The largest absolute Gasteiger partial charge is 0.371 e. The number of hydrogen-bond donors (Lipinski definition) is 1. The van der Waals surface area contributed by atoms with Gasteiger partial charge in [0, 0.05) is 24.2 Å². The van der Waals surface area contributed by atoms with Gasteiger partial charge in [-0.1, -0.05) is 12.1 Å². The maximum atomic E-state index is 15.9. The van der Waals surface area contributed by atoms with Gasteiger partial charge in [0.15, 0.2) is 11.6 Å². The quantitative estimate of drug-likeness (QED) is 0.542. The van der Waals surface area contributed by atoms with E-state index in [0.29, 0.717) is 40.3 Å². The van der Waals surface area contributed by atoms with E-state index < -0.39 is 17.2 Å². The van der Waals surface area contributed by atoms with Gasteiger partial charge in [-0.2, -0.15) is 5.10 Å². The van der Waals surface area contributed by atoms with E-state index in [4.69, 9.17) is 0 Å². The SMILES string of the molecule is CCn1cc2c(-c3c(F)cc4c(c3F)-n3c(C)nnc3C(C)(C)N4)cccc2n1. The number of fused-ring (bicyclic) bond motifs is 4. The smallest absolute Gasteiger partial charge is 0.162 e. The first-order valence-corrected chi connectivity index (χ1v) is 9.51. The molecule has 0 amide bonds. The lowest BCUT2D eigenvalue weighted by Gasteiger charge is -2.34. The summed E-state index contributed by atoms with van der Waals surface area (Å²) >= 11 is 0. The second kappa shape index (κ2) is 5.85. The van der Waals surface area contributed by atoms with Crippen LogP contribution in [0.3, 0.4) is 0 Å². The molecule has 29 heavy (non-hydrogen) atoms. The van der Waals surface area contributed by atoms with E-state index in [-0.39, 0.29) is 11.3 Å². The summed E-state index contributed by atoms with van der Waals surface area (Å²) in [6.45, 7) is 8.20. The summed E-state index contributed by atoms with van der Waals surface area (Å²) in [6, 6.07) is 6.67. The van der Waals surface area contributed by atoms with Crippen LogP contribution in [0.2, 0.25) is 0 Å². The number of anilines is 1. The van der Waals surface area contributed by atoms with Gasteiger partial charge in [-0.05, 0) is 39.3 Å². The van der Waals surface area contributed by atoms with Crippen LogP contribution in [0.15, 0.2) is 30.5 Å². The summed E-state index contributed by atoms with van der Waals surface area (Å²) in [7, 11) is 0. The maximum Gasteiger partial charge on any atom is 0.162 e. The Labute approximate surface area is 166 Å². The Hall–Kier alpha value is -3.29. The van der Waals surface area contributed by atoms with Crippen molar-refractivity contribution < 1.29 is 8.78 Å². The molecule has 0 bridgehead atoms. The van der Waals surface area contributed by atoms with Gasteiger partial charge in [0.2, 0.25) is 0 Å². The van der Waals surface area contributed by atoms with Crippen molar-refractivity contribution in [1.82, 2.24) is 24.5 Å². The highest BCUT2D eigenvalue weighted by Gasteiger charge is 2.37. The molecule has 1 aliphatic rings. The molecule has 0 unspecified atom stereocenters. The lowest BCUT2D eigenvalue weighted by atomic mass is 9.95. The average molecular weight is 394 g/mol. The molecule has 8 heteroatoms. The first kappa shape index (κ1) is 17.8. The first-order chi connectivity index (χ1) is 13.8. The van der Waals surface area contributed by atoms with Gasteiger partial charge >= 0.3 is 0 Å². The molecule has 5 rings (SSSR count). The summed E-state index contributed by atoms with van der Waals surface area (Å²) < 4.78 is 34.6. The average Bonchev–Trinajstić information content (AvgIpc) is 3.26. The minimum Gasteiger partial charge on any atom is -0.371 e. The Morgan fingerprint density at radius 2 is 1.97 bits per heavy atom. The van der Waals surface area contributed by atoms with Crippen LogP contribution in [0.25, 0.3) is 27.7 Å². The van der Waals surface area contributed by atoms with Crippen LogP contribution in [0.4, 0.5) is 14.5 Å². The van der Waals surface area contributed by atoms with E-state index in [2.05, 4.69) is 20.6 Å². The predicted molar refractivity (Wildman–Crippen MR) is 107 cm³/mol. The van der Waals surface area contributed by atoms with Crippen molar-refractivity contribution >= 4 is 16.6 Å². The number of hydrogen-bond acceptors (Lipinski definition) is 4. The minimum atomic E-state index is -0.649. The number of nitrogens with one attached hydrogen (secondary N) is 1. The van der Waals surface area contributed by atoms with Crippen molar-refractivity contribution in [1.29, 1.82) is 0 Å². The van der Waals surface area contributed by atoms with E-state index in [1.54, 1.807) is 28.3 Å². The zero-order chi connectivity index (χ0) is 20.5. The molecule has 0 fully saturated rings. The van der Waals surface area contributed by atoms with Crippen molar-refractivity contribution in [2.45, 2.75) is 39.8 Å². The molecule has 0 atom stereocenters. The highest BCUT2D eigenvalue weighted by Crippen LogP contribution is 2.43. The van der Waals surface area contributed by atoms with E-state index >= 15 is 8.78 Å². The molecule has 0 aliphatic carbocycles. The van der Waals surface area contributed by atoms with Gasteiger partial charge in [0.25, 0.3) is 0 Å². The second-order valence-electron chi connectivity index (χ2n) is 7.82. The molecule has 6 nitrogen and oxygen atoms in total. The van der Waals surface area contributed by atoms with Crippen molar-refractivity contribution in [2.24, 2.45) is 0 Å². The highest BCUT2D eigenvalue weighted by atomic mass is 19.1. The molecule has 4 aromatic rings. The zero-order valence-corrected chi connectivity index (χ0v) is 16.6. The lowest BCUT2D eigenvalue weighted by molar-refractivity contribution is 0.517. The van der Waals surface area contributed by atoms with E-state index in [1.165, 1.54) is 6.07 Å². The van der Waals surface area contributed by atoms with Crippen molar-refractivity contribution in [3.63, 3.8) is 0 Å². The number of aryl methyl sites for hydroxylation is 2. The summed E-state index contributed by atoms with van der Waals surface area (Å²) in [5, 5.41) is 16.7. The fourth-order valence-electron chi connectivity index (χ4n) is 4.07. The number of halogens is 2. The molecule has 148 valence electrons. The Morgan fingerprint density at radius 1 is 1.17 bits per heavy atom. The summed E-state index contributed by atoms with van der Waals surface area (Å²) in [6.07, 6.45) is 1.82. The molecule has 1 aliphatic heterocycles. The van der Waals surface area contributed by atoms with Gasteiger partial charge in [0.05, 0.1) is 22.3 Å². The lowest BCUT2D eigenvalue weighted by Crippen LogP contribution is -2.36. The van der Waals surface area contributed by atoms with E-state index in [9.17, 15) is 0 Å². The highest BCUT2D eigenvalue weighted by molar-refractivity contribution is 5.95. The van der Waals surface area contributed by atoms with Crippen LogP contribution in [0.5, 0.6) is 0 Å². The Balaban J connectivity index is 1.84. The normalized spacial score (nSPS) is 14.6. The van der Waals surface area contributed by atoms with Crippen LogP contribution in [0, 0.1) is 18.6 Å². The van der Waals surface area contributed by atoms with Crippen molar-refractivity contribution in [3.05, 3.63) is 53.7 Å². The maximum absolute atomic E-state index is 15.9. The number of nitrogens with zero attached hydrogens (tertiary/aromatic N) is 5. The van der Waals surface area contributed by atoms with Crippen LogP contribution < -0.4 is 5.32 Å². The number of aromatic nitrogens is 5. The number of rotatable bonds is 2. The van der Waals surface area contributed by atoms with Crippen LogP contribution >= 0.6 is 0 Å². The third-order valence-corrected chi connectivity index (χ3v) is 5.44. The topological polar surface area (TPSA) is 60.6 Å². The molecule has 1 N–H and O–H groups in total. The number of benzene rings is 2. The Bertz CT molecular complexity index is 1280.